The minimum Gasteiger partial charge on any atom is -0.481 e. The molecule has 0 heterocycles. The molecule has 15 heavy (non-hydrogen) atoms. The molecule has 0 aliphatic carbocycles. The van der Waals surface area contributed by atoms with Gasteiger partial charge in [0.25, 0.3) is 0 Å². The van der Waals surface area contributed by atoms with Crippen molar-refractivity contribution in [3.05, 3.63) is 34.9 Å². The van der Waals surface area contributed by atoms with Crippen molar-refractivity contribution in [3.8, 4) is 0 Å². The van der Waals surface area contributed by atoms with Gasteiger partial charge in [0.2, 0.25) is 0 Å². The third-order valence-corrected chi connectivity index (χ3v) is 1.71. The van der Waals surface area contributed by atoms with Gasteiger partial charge in [0, 0.05) is 5.56 Å². The first-order valence-corrected chi connectivity index (χ1v) is 3.85. The molecule has 0 radical (unpaired) electrons. The zero-order chi connectivity index (χ0) is 11.6. The van der Waals surface area contributed by atoms with Crippen molar-refractivity contribution < 1.29 is 28.6 Å². The van der Waals surface area contributed by atoms with Crippen LogP contribution in [0.1, 0.15) is 15.9 Å². The van der Waals surface area contributed by atoms with Gasteiger partial charge in [-0.3, -0.25) is 4.79 Å². The van der Waals surface area contributed by atoms with Crippen molar-refractivity contribution in [2.75, 3.05) is 0 Å². The summed E-state index contributed by atoms with van der Waals surface area (Å²) in [5.41, 5.74) is -1.20. The molecule has 0 saturated heterocycles. The molecule has 0 unspecified atom stereocenters. The molecule has 0 fully saturated rings. The molecular formula is C9H6F2O4. The summed E-state index contributed by atoms with van der Waals surface area (Å²) in [4.78, 5) is 20.6. The van der Waals surface area contributed by atoms with Crippen molar-refractivity contribution in [1.29, 1.82) is 0 Å². The van der Waals surface area contributed by atoms with Gasteiger partial charge in [-0.25, -0.2) is 13.6 Å². The Morgan fingerprint density at radius 2 is 1.73 bits per heavy atom. The maximum atomic E-state index is 13.1. The van der Waals surface area contributed by atoms with E-state index in [1.807, 2.05) is 0 Å². The number of carboxylic acids is 2. The minimum absolute atomic E-state index is 0.384. The van der Waals surface area contributed by atoms with Crippen LogP contribution in [0.4, 0.5) is 8.78 Å². The summed E-state index contributed by atoms with van der Waals surface area (Å²) in [5.74, 6) is -5.12. The SMILES string of the molecule is O=C(O)Cc1cc(F)c(C(=O)O)cc1F. The molecule has 0 aromatic heterocycles. The Bertz CT molecular complexity index is 428. The van der Waals surface area contributed by atoms with Gasteiger partial charge < -0.3 is 10.2 Å². The van der Waals surface area contributed by atoms with Gasteiger partial charge in [-0.15, -0.1) is 0 Å². The molecule has 80 valence electrons. The number of hydrogen-bond acceptors (Lipinski definition) is 2. The fourth-order valence-corrected chi connectivity index (χ4v) is 1.05. The van der Waals surface area contributed by atoms with Crippen LogP contribution in [0.5, 0.6) is 0 Å². The maximum Gasteiger partial charge on any atom is 0.338 e. The molecular weight excluding hydrogens is 210 g/mol. The first-order chi connectivity index (χ1) is 6.91. The predicted molar refractivity (Wildman–Crippen MR) is 44.7 cm³/mol. The van der Waals surface area contributed by atoms with Crippen LogP contribution in [-0.2, 0) is 11.2 Å². The average Bonchev–Trinajstić information content (AvgIpc) is 2.09. The van der Waals surface area contributed by atoms with Gasteiger partial charge in [0.05, 0.1) is 12.0 Å². The second kappa shape index (κ2) is 4.04. The van der Waals surface area contributed by atoms with Crippen LogP contribution in [0.3, 0.4) is 0 Å². The molecule has 1 aromatic rings. The van der Waals surface area contributed by atoms with E-state index in [-0.39, 0.29) is 5.56 Å². The molecule has 0 aliphatic rings. The summed E-state index contributed by atoms with van der Waals surface area (Å²) in [6, 6.07) is 1.04. The molecule has 0 spiro atoms. The van der Waals surface area contributed by atoms with Gasteiger partial charge in [0.15, 0.2) is 0 Å². The second-order valence-corrected chi connectivity index (χ2v) is 2.80. The van der Waals surface area contributed by atoms with Crippen LogP contribution >= 0.6 is 0 Å². The highest BCUT2D eigenvalue weighted by atomic mass is 19.1. The van der Waals surface area contributed by atoms with E-state index in [0.29, 0.717) is 12.1 Å². The molecule has 6 heteroatoms. The van der Waals surface area contributed by atoms with E-state index in [1.54, 1.807) is 0 Å². The Morgan fingerprint density at radius 3 is 2.20 bits per heavy atom. The number of halogens is 2. The highest BCUT2D eigenvalue weighted by Gasteiger charge is 2.16. The number of aromatic carboxylic acids is 1. The number of rotatable bonds is 3. The Kier molecular flexibility index (Phi) is 2.99. The monoisotopic (exact) mass is 216 g/mol. The third-order valence-electron chi connectivity index (χ3n) is 1.71. The number of carbonyl (C=O) groups is 2. The molecule has 4 nitrogen and oxygen atoms in total. The number of benzene rings is 1. The van der Waals surface area contributed by atoms with E-state index in [2.05, 4.69) is 0 Å². The third kappa shape index (κ3) is 2.49. The molecule has 1 rings (SSSR count). The van der Waals surface area contributed by atoms with E-state index >= 15 is 0 Å². The smallest absolute Gasteiger partial charge is 0.338 e. The topological polar surface area (TPSA) is 74.6 Å². The normalized spacial score (nSPS) is 10.0. The van der Waals surface area contributed by atoms with Gasteiger partial charge in [-0.05, 0) is 12.1 Å². The van der Waals surface area contributed by atoms with Gasteiger partial charge in [-0.2, -0.15) is 0 Å². The number of aliphatic carboxylic acids is 1. The summed E-state index contributed by atoms with van der Waals surface area (Å²) in [6.45, 7) is 0. The zero-order valence-corrected chi connectivity index (χ0v) is 7.33. The lowest BCUT2D eigenvalue weighted by molar-refractivity contribution is -0.136. The van der Waals surface area contributed by atoms with Crippen LogP contribution in [-0.4, -0.2) is 22.2 Å². The highest BCUT2D eigenvalue weighted by Crippen LogP contribution is 2.15. The Morgan fingerprint density at radius 1 is 1.13 bits per heavy atom. The standard InChI is InChI=1S/C9H6F2O4/c10-6-3-5(9(14)15)7(11)1-4(6)2-8(12)13/h1,3H,2H2,(H,12,13)(H,14,15). The fourth-order valence-electron chi connectivity index (χ4n) is 1.05. The number of hydrogen-bond donors (Lipinski definition) is 2. The van der Waals surface area contributed by atoms with Crippen LogP contribution in [0.15, 0.2) is 12.1 Å². The quantitative estimate of drug-likeness (QED) is 0.798. The lowest BCUT2D eigenvalue weighted by atomic mass is 10.1. The highest BCUT2D eigenvalue weighted by molar-refractivity contribution is 5.88. The summed E-state index contributed by atoms with van der Waals surface area (Å²) >= 11 is 0. The van der Waals surface area contributed by atoms with Gasteiger partial charge in [-0.1, -0.05) is 0 Å². The molecule has 1 aromatic carbocycles. The van der Waals surface area contributed by atoms with Crippen molar-refractivity contribution in [1.82, 2.24) is 0 Å². The van der Waals surface area contributed by atoms with Crippen LogP contribution in [0.25, 0.3) is 0 Å². The largest absolute Gasteiger partial charge is 0.481 e. The Balaban J connectivity index is 3.19. The van der Waals surface area contributed by atoms with E-state index in [0.717, 1.165) is 0 Å². The summed E-state index contributed by atoms with van der Waals surface area (Å²) in [6.07, 6.45) is -0.692. The summed E-state index contributed by atoms with van der Waals surface area (Å²) in [5, 5.41) is 16.8. The van der Waals surface area contributed by atoms with Gasteiger partial charge in [0.1, 0.15) is 11.6 Å². The van der Waals surface area contributed by atoms with E-state index in [4.69, 9.17) is 10.2 Å². The van der Waals surface area contributed by atoms with E-state index in [1.165, 1.54) is 0 Å². The van der Waals surface area contributed by atoms with Gasteiger partial charge >= 0.3 is 11.9 Å². The maximum absolute atomic E-state index is 13.1. The van der Waals surface area contributed by atoms with E-state index < -0.39 is 35.6 Å². The molecule has 0 aliphatic heterocycles. The first kappa shape index (κ1) is 11.1. The number of carboxylic acid groups (broad SMARTS) is 2. The van der Waals surface area contributed by atoms with Crippen molar-refractivity contribution in [2.24, 2.45) is 0 Å². The molecule has 0 atom stereocenters. The predicted octanol–water partition coefficient (Wildman–Crippen LogP) is 1.29. The Labute approximate surface area is 82.8 Å². The van der Waals surface area contributed by atoms with Crippen molar-refractivity contribution in [2.45, 2.75) is 6.42 Å². The second-order valence-electron chi connectivity index (χ2n) is 2.80. The molecule has 0 amide bonds. The summed E-state index contributed by atoms with van der Waals surface area (Å²) < 4.78 is 26.0. The van der Waals surface area contributed by atoms with Crippen molar-refractivity contribution in [3.63, 3.8) is 0 Å². The fraction of sp³-hybridized carbons (Fsp3) is 0.111. The van der Waals surface area contributed by atoms with E-state index in [9.17, 15) is 18.4 Å². The average molecular weight is 216 g/mol. The summed E-state index contributed by atoms with van der Waals surface area (Å²) in [7, 11) is 0. The lowest BCUT2D eigenvalue weighted by Gasteiger charge is -2.02. The van der Waals surface area contributed by atoms with Crippen LogP contribution in [0.2, 0.25) is 0 Å². The molecule has 0 saturated carbocycles. The molecule has 0 bridgehead atoms. The van der Waals surface area contributed by atoms with Crippen LogP contribution < -0.4 is 0 Å². The Hall–Kier alpha value is -1.98. The zero-order valence-electron chi connectivity index (χ0n) is 7.33. The molecule has 2 N–H and O–H groups in total. The lowest BCUT2D eigenvalue weighted by Crippen LogP contribution is -2.07. The van der Waals surface area contributed by atoms with Crippen molar-refractivity contribution >= 4 is 11.9 Å². The van der Waals surface area contributed by atoms with Crippen LogP contribution in [0, 0.1) is 11.6 Å². The first-order valence-electron chi connectivity index (χ1n) is 3.85. The minimum atomic E-state index is -1.60.